The number of hydrogen-bond acceptors (Lipinski definition) is 1. The molecule has 0 N–H and O–H groups in total. The van der Waals surface area contributed by atoms with Crippen molar-refractivity contribution < 1.29 is 4.74 Å². The zero-order chi connectivity index (χ0) is 7.35. The molecule has 0 aromatic heterocycles. The molecule has 1 aliphatic carbocycles. The van der Waals surface area contributed by atoms with Gasteiger partial charge < -0.3 is 4.74 Å². The van der Waals surface area contributed by atoms with Crippen molar-refractivity contribution in [1.82, 2.24) is 0 Å². The van der Waals surface area contributed by atoms with Gasteiger partial charge in [-0.15, -0.1) is 0 Å². The molecule has 0 radical (unpaired) electrons. The maximum Gasteiger partial charge on any atom is 0.0844 e. The van der Waals surface area contributed by atoms with Crippen molar-refractivity contribution in [3.63, 3.8) is 0 Å². The topological polar surface area (TPSA) is 12.5 Å². The molecule has 1 aliphatic heterocycles. The molecule has 0 spiro atoms. The van der Waals surface area contributed by atoms with E-state index in [-0.39, 0.29) is 0 Å². The molecule has 0 amide bonds. The van der Waals surface area contributed by atoms with Crippen LogP contribution in [0, 0.1) is 11.3 Å². The molecule has 2 aliphatic rings. The Labute approximate surface area is 62.8 Å². The summed E-state index contributed by atoms with van der Waals surface area (Å²) in [7, 11) is 0. The van der Waals surface area contributed by atoms with Crippen LogP contribution in [0.5, 0.6) is 0 Å². The van der Waals surface area contributed by atoms with Gasteiger partial charge in [-0.05, 0) is 24.2 Å². The lowest BCUT2D eigenvalue weighted by Crippen LogP contribution is -2.19. The lowest BCUT2D eigenvalue weighted by molar-refractivity contribution is 0.170. The van der Waals surface area contributed by atoms with E-state index in [2.05, 4.69) is 20.8 Å². The fourth-order valence-corrected chi connectivity index (χ4v) is 1.96. The summed E-state index contributed by atoms with van der Waals surface area (Å²) in [6, 6.07) is 0. The summed E-state index contributed by atoms with van der Waals surface area (Å²) < 4.78 is 5.38. The maximum absolute atomic E-state index is 5.38. The predicted octanol–water partition coefficient (Wildman–Crippen LogP) is 2.21. The smallest absolute Gasteiger partial charge is 0.0844 e. The fourth-order valence-electron chi connectivity index (χ4n) is 1.96. The Morgan fingerprint density at radius 1 is 1.10 bits per heavy atom. The van der Waals surface area contributed by atoms with Crippen LogP contribution in [0.1, 0.15) is 33.6 Å². The average molecular weight is 140 g/mol. The first-order valence-corrected chi connectivity index (χ1v) is 4.23. The van der Waals surface area contributed by atoms with E-state index in [0.717, 1.165) is 5.92 Å². The zero-order valence-electron chi connectivity index (χ0n) is 7.05. The summed E-state index contributed by atoms with van der Waals surface area (Å²) in [5.74, 6) is 0.913. The maximum atomic E-state index is 5.38. The van der Waals surface area contributed by atoms with Crippen LogP contribution in [-0.4, -0.2) is 12.2 Å². The van der Waals surface area contributed by atoms with Crippen LogP contribution >= 0.6 is 0 Å². The van der Waals surface area contributed by atoms with Gasteiger partial charge in [0, 0.05) is 0 Å². The molecular formula is C9H16O. The van der Waals surface area contributed by atoms with E-state index in [0.29, 0.717) is 17.6 Å². The lowest BCUT2D eigenvalue weighted by atomic mass is 9.79. The monoisotopic (exact) mass is 140 g/mol. The van der Waals surface area contributed by atoms with Crippen LogP contribution in [0.3, 0.4) is 0 Å². The average Bonchev–Trinajstić information content (AvgIpc) is 2.38. The third-order valence-corrected chi connectivity index (χ3v) is 2.95. The van der Waals surface area contributed by atoms with E-state index >= 15 is 0 Å². The van der Waals surface area contributed by atoms with E-state index in [4.69, 9.17) is 4.74 Å². The number of epoxide rings is 1. The van der Waals surface area contributed by atoms with Crippen molar-refractivity contribution in [2.45, 2.75) is 45.8 Å². The van der Waals surface area contributed by atoms with Gasteiger partial charge in [0.15, 0.2) is 0 Å². The van der Waals surface area contributed by atoms with Gasteiger partial charge in [0.05, 0.1) is 12.2 Å². The fraction of sp³-hybridized carbons (Fsp3) is 1.00. The van der Waals surface area contributed by atoms with Gasteiger partial charge in [0.1, 0.15) is 0 Å². The molecule has 2 unspecified atom stereocenters. The highest BCUT2D eigenvalue weighted by atomic mass is 16.6. The van der Waals surface area contributed by atoms with Gasteiger partial charge in [-0.1, -0.05) is 20.8 Å². The summed E-state index contributed by atoms with van der Waals surface area (Å²) in [6.45, 7) is 7.01. The molecule has 10 heavy (non-hydrogen) atoms. The van der Waals surface area contributed by atoms with Crippen LogP contribution in [0.4, 0.5) is 0 Å². The molecule has 2 atom stereocenters. The molecule has 1 nitrogen and oxygen atoms in total. The Morgan fingerprint density at radius 3 is 1.90 bits per heavy atom. The van der Waals surface area contributed by atoms with E-state index in [1.165, 1.54) is 12.8 Å². The molecule has 1 heteroatoms. The van der Waals surface area contributed by atoms with Crippen LogP contribution in [0.15, 0.2) is 0 Å². The van der Waals surface area contributed by atoms with E-state index < -0.39 is 0 Å². The zero-order valence-corrected chi connectivity index (χ0v) is 7.05. The number of hydrogen-bond donors (Lipinski definition) is 0. The van der Waals surface area contributed by atoms with E-state index in [9.17, 15) is 0 Å². The Kier molecular flexibility index (Phi) is 1.17. The highest BCUT2D eigenvalue weighted by Gasteiger charge is 2.50. The Hall–Kier alpha value is -0.0400. The molecule has 58 valence electrons. The minimum absolute atomic E-state index is 0.511. The molecule has 0 bridgehead atoms. The van der Waals surface area contributed by atoms with E-state index in [1.54, 1.807) is 0 Å². The van der Waals surface area contributed by atoms with Gasteiger partial charge >= 0.3 is 0 Å². The molecule has 0 aromatic rings. The Bertz CT molecular complexity index is 135. The normalized spacial score (nSPS) is 45.3. The third-order valence-electron chi connectivity index (χ3n) is 2.95. The van der Waals surface area contributed by atoms with Gasteiger partial charge in [0.2, 0.25) is 0 Å². The van der Waals surface area contributed by atoms with Crippen LogP contribution < -0.4 is 0 Å². The highest BCUT2D eigenvalue weighted by molar-refractivity contribution is 4.98. The van der Waals surface area contributed by atoms with E-state index in [1.807, 2.05) is 0 Å². The van der Waals surface area contributed by atoms with Gasteiger partial charge in [-0.2, -0.15) is 0 Å². The molecule has 2 fully saturated rings. The largest absolute Gasteiger partial charge is 0.370 e. The molecular weight excluding hydrogens is 124 g/mol. The standard InChI is InChI=1S/C9H16O/c1-9(2,3)6-4-7-8(5-6)10-7/h6-8H,4-5H2,1-3H3. The summed E-state index contributed by atoms with van der Waals surface area (Å²) in [5.41, 5.74) is 0.511. The minimum Gasteiger partial charge on any atom is -0.370 e. The summed E-state index contributed by atoms with van der Waals surface area (Å²) in [4.78, 5) is 0. The van der Waals surface area contributed by atoms with Gasteiger partial charge in [-0.25, -0.2) is 0 Å². The number of fused-ring (bicyclic) bond motifs is 1. The van der Waals surface area contributed by atoms with Crippen molar-refractivity contribution in [1.29, 1.82) is 0 Å². The first-order chi connectivity index (χ1) is 4.57. The molecule has 2 rings (SSSR count). The van der Waals surface area contributed by atoms with Crippen LogP contribution in [-0.2, 0) is 4.74 Å². The highest BCUT2D eigenvalue weighted by Crippen LogP contribution is 2.48. The van der Waals surface area contributed by atoms with Crippen molar-refractivity contribution in [2.75, 3.05) is 0 Å². The quantitative estimate of drug-likeness (QED) is 0.470. The second-order valence-electron chi connectivity index (χ2n) is 4.75. The summed E-state index contributed by atoms with van der Waals surface area (Å²) in [5, 5.41) is 0. The molecule has 1 saturated heterocycles. The summed E-state index contributed by atoms with van der Waals surface area (Å²) >= 11 is 0. The Morgan fingerprint density at radius 2 is 1.60 bits per heavy atom. The van der Waals surface area contributed by atoms with Crippen molar-refractivity contribution >= 4 is 0 Å². The van der Waals surface area contributed by atoms with Crippen molar-refractivity contribution in [3.8, 4) is 0 Å². The van der Waals surface area contributed by atoms with Crippen LogP contribution in [0.25, 0.3) is 0 Å². The second kappa shape index (κ2) is 1.76. The lowest BCUT2D eigenvalue weighted by Gasteiger charge is -2.27. The van der Waals surface area contributed by atoms with Gasteiger partial charge in [0.25, 0.3) is 0 Å². The first kappa shape index (κ1) is 6.66. The molecule has 0 aromatic carbocycles. The van der Waals surface area contributed by atoms with Crippen molar-refractivity contribution in [3.05, 3.63) is 0 Å². The second-order valence-corrected chi connectivity index (χ2v) is 4.75. The SMILES string of the molecule is CC(C)(C)C1CC2OC2C1. The summed E-state index contributed by atoms with van der Waals surface area (Å²) in [6.07, 6.45) is 3.94. The Balaban J connectivity index is 1.97. The van der Waals surface area contributed by atoms with Crippen LogP contribution in [0.2, 0.25) is 0 Å². The third kappa shape index (κ3) is 0.968. The molecule has 1 saturated carbocycles. The number of rotatable bonds is 0. The van der Waals surface area contributed by atoms with Gasteiger partial charge in [-0.3, -0.25) is 0 Å². The van der Waals surface area contributed by atoms with Crippen molar-refractivity contribution in [2.24, 2.45) is 11.3 Å². The molecule has 1 heterocycles. The predicted molar refractivity (Wildman–Crippen MR) is 40.8 cm³/mol. The first-order valence-electron chi connectivity index (χ1n) is 4.23. The minimum atomic E-state index is 0.511. The number of ether oxygens (including phenoxy) is 1.